The predicted molar refractivity (Wildman–Crippen MR) is 125 cm³/mol. The molecule has 0 aliphatic carbocycles. The minimum absolute atomic E-state index is 0. The van der Waals surface area contributed by atoms with E-state index in [1.54, 1.807) is 6.33 Å². The third-order valence-electron chi connectivity index (χ3n) is 5.82. The quantitative estimate of drug-likeness (QED) is 0.646. The van der Waals surface area contributed by atoms with Gasteiger partial charge >= 0.3 is 0 Å². The van der Waals surface area contributed by atoms with Gasteiger partial charge < -0.3 is 15.5 Å². The van der Waals surface area contributed by atoms with Crippen LogP contribution in [0, 0.1) is 5.92 Å². The van der Waals surface area contributed by atoms with E-state index in [-0.39, 0.29) is 25.4 Å². The van der Waals surface area contributed by atoms with Crippen molar-refractivity contribution in [3.63, 3.8) is 0 Å². The summed E-state index contributed by atoms with van der Waals surface area (Å²) in [7, 11) is 0. The molecule has 1 aromatic carbocycles. The van der Waals surface area contributed by atoms with Gasteiger partial charge in [-0.15, -0.1) is 0 Å². The molecule has 2 N–H and O–H groups in total. The third kappa shape index (κ3) is 3.89. The molecule has 30 heavy (non-hydrogen) atoms. The van der Waals surface area contributed by atoms with E-state index < -0.39 is 0 Å². The van der Waals surface area contributed by atoms with Crippen molar-refractivity contribution in [1.29, 1.82) is 0 Å². The van der Waals surface area contributed by atoms with Crippen molar-refractivity contribution in [1.82, 2.24) is 25.6 Å². The first kappa shape index (κ1) is 21.0. The Hall–Kier alpha value is -2.23. The number of hydrogen-bond donors (Lipinski definition) is 2. The van der Waals surface area contributed by atoms with Gasteiger partial charge in [-0.1, -0.05) is 29.5 Å². The molecule has 5 rings (SSSR count). The van der Waals surface area contributed by atoms with Gasteiger partial charge in [0.2, 0.25) is 0 Å². The van der Waals surface area contributed by atoms with E-state index in [9.17, 15) is 4.79 Å². The molecule has 9 heteroatoms. The summed E-state index contributed by atoms with van der Waals surface area (Å²) in [5.41, 5.74) is 3.17. The number of aromatic nitrogens is 3. The molecule has 2 aliphatic rings. The maximum absolute atomic E-state index is 12.7. The zero-order chi connectivity index (χ0) is 19.8. The van der Waals surface area contributed by atoms with Gasteiger partial charge in [-0.25, -0.2) is 15.0 Å². The molecular weight excluding hydrogens is 416 g/mol. The second kappa shape index (κ2) is 8.87. The van der Waals surface area contributed by atoms with Gasteiger partial charge in [0, 0.05) is 18.3 Å². The van der Waals surface area contributed by atoms with Gasteiger partial charge in [0.1, 0.15) is 16.7 Å². The van der Waals surface area contributed by atoms with Crippen molar-refractivity contribution in [2.45, 2.75) is 32.2 Å². The van der Waals surface area contributed by atoms with Crippen molar-refractivity contribution in [3.8, 4) is 0 Å². The number of nitrogens with zero attached hydrogens (tertiary/aromatic N) is 4. The summed E-state index contributed by atoms with van der Waals surface area (Å²) in [6.07, 6.45) is 4.74. The zero-order valence-electron chi connectivity index (χ0n) is 16.9. The number of carbonyl (C=O) groups is 1. The molecule has 1 fully saturated rings. The Bertz CT molecular complexity index is 1050. The Morgan fingerprint density at radius 2 is 2.07 bits per heavy atom. The molecular formula is C21H26N6OS2. The van der Waals surface area contributed by atoms with Crippen LogP contribution in [0.15, 0.2) is 30.6 Å². The molecule has 0 radical (unpaired) electrons. The van der Waals surface area contributed by atoms with E-state index in [1.165, 1.54) is 16.9 Å². The summed E-state index contributed by atoms with van der Waals surface area (Å²) in [6, 6.07) is 8.67. The summed E-state index contributed by atoms with van der Waals surface area (Å²) in [5.74, 6) is 1.19. The first-order chi connectivity index (χ1) is 14.2. The number of benzene rings is 1. The smallest absolute Gasteiger partial charge is 0.280 e. The molecule has 1 atom stereocenters. The first-order valence-electron chi connectivity index (χ1n) is 10.2. The number of amides is 1. The number of nitrogens with one attached hydrogen (secondary N) is 2. The Morgan fingerprint density at radius 3 is 2.90 bits per heavy atom. The lowest BCUT2D eigenvalue weighted by atomic mass is 9.98. The summed E-state index contributed by atoms with van der Waals surface area (Å²) < 4.78 is 0. The summed E-state index contributed by atoms with van der Waals surface area (Å²) in [6.45, 7) is 4.94. The largest absolute Gasteiger partial charge is 0.350 e. The molecule has 0 bridgehead atoms. The lowest BCUT2D eigenvalue weighted by molar-refractivity contribution is 0.0944. The van der Waals surface area contributed by atoms with Crippen LogP contribution in [-0.2, 0) is 6.42 Å². The molecule has 4 heterocycles. The molecule has 0 spiro atoms. The van der Waals surface area contributed by atoms with Crippen LogP contribution in [0.2, 0.25) is 0 Å². The minimum atomic E-state index is -0.118. The standard InChI is InChI=1S/C21H24N6OS.H2S/c1-13-10-15-4-2-3-5-16(15)27(13)18-17-20(25-12-24-18)29-21(26-17)19(28)23-11-14-6-8-22-9-7-14;/h2-5,12-14,22H,6-11H2,1H3,(H,23,28);1H2/t13-;/m0./s1. The van der Waals surface area contributed by atoms with Crippen molar-refractivity contribution in [3.05, 3.63) is 41.2 Å². The molecule has 0 unspecified atom stereocenters. The number of carbonyl (C=O) groups excluding carboxylic acids is 1. The Balaban J connectivity index is 0.00000218. The van der Waals surface area contributed by atoms with Crippen LogP contribution in [0.25, 0.3) is 10.3 Å². The lowest BCUT2D eigenvalue weighted by Crippen LogP contribution is -2.35. The molecule has 0 saturated carbocycles. The van der Waals surface area contributed by atoms with Crippen molar-refractivity contribution in [2.75, 3.05) is 24.5 Å². The number of fused-ring (bicyclic) bond motifs is 2. The van der Waals surface area contributed by atoms with E-state index in [0.29, 0.717) is 23.0 Å². The van der Waals surface area contributed by atoms with Gasteiger partial charge in [-0.2, -0.15) is 13.5 Å². The van der Waals surface area contributed by atoms with Crippen molar-refractivity contribution in [2.24, 2.45) is 5.92 Å². The predicted octanol–water partition coefficient (Wildman–Crippen LogP) is 3.01. The second-order valence-corrected chi connectivity index (χ2v) is 8.80. The third-order valence-corrected chi connectivity index (χ3v) is 6.78. The van der Waals surface area contributed by atoms with Gasteiger partial charge in [-0.3, -0.25) is 4.79 Å². The first-order valence-corrected chi connectivity index (χ1v) is 11.0. The Morgan fingerprint density at radius 1 is 1.27 bits per heavy atom. The highest BCUT2D eigenvalue weighted by Crippen LogP contribution is 2.40. The van der Waals surface area contributed by atoms with Crippen molar-refractivity contribution < 1.29 is 4.79 Å². The minimum Gasteiger partial charge on any atom is -0.350 e. The highest BCUT2D eigenvalue weighted by molar-refractivity contribution is 7.59. The van der Waals surface area contributed by atoms with Crippen LogP contribution < -0.4 is 15.5 Å². The molecule has 2 aromatic heterocycles. The van der Waals surface area contributed by atoms with Crippen LogP contribution >= 0.6 is 24.8 Å². The normalized spacial score (nSPS) is 18.8. The number of hydrogen-bond acceptors (Lipinski definition) is 7. The molecule has 1 saturated heterocycles. The average molecular weight is 443 g/mol. The average Bonchev–Trinajstić information content (AvgIpc) is 3.33. The van der Waals surface area contributed by atoms with Gasteiger partial charge in [0.25, 0.3) is 5.91 Å². The number of anilines is 2. The summed E-state index contributed by atoms with van der Waals surface area (Å²) in [4.78, 5) is 29.3. The van der Waals surface area contributed by atoms with Gasteiger partial charge in [0.05, 0.1) is 0 Å². The van der Waals surface area contributed by atoms with E-state index in [4.69, 9.17) is 0 Å². The van der Waals surface area contributed by atoms with E-state index >= 15 is 0 Å². The van der Waals surface area contributed by atoms with Crippen LogP contribution in [0.5, 0.6) is 0 Å². The fourth-order valence-electron chi connectivity index (χ4n) is 4.30. The molecule has 2 aliphatic heterocycles. The fraction of sp³-hybridized carbons (Fsp3) is 0.429. The SMILES string of the molecule is C[C@H]1Cc2ccccc2N1c1ncnc2sc(C(=O)NCC3CCNCC3)nc12.S. The lowest BCUT2D eigenvalue weighted by Gasteiger charge is -2.23. The molecule has 3 aromatic rings. The molecule has 7 nitrogen and oxygen atoms in total. The van der Waals surface area contributed by atoms with Crippen LogP contribution in [0.4, 0.5) is 11.5 Å². The number of thiazole rings is 1. The number of para-hydroxylation sites is 1. The Kier molecular flexibility index (Phi) is 6.21. The maximum atomic E-state index is 12.7. The highest BCUT2D eigenvalue weighted by atomic mass is 32.1. The second-order valence-electron chi connectivity index (χ2n) is 7.83. The van der Waals surface area contributed by atoms with Crippen LogP contribution in [-0.4, -0.2) is 46.5 Å². The van der Waals surface area contributed by atoms with E-state index in [1.807, 2.05) is 6.07 Å². The van der Waals surface area contributed by atoms with E-state index in [0.717, 1.165) is 48.7 Å². The Labute approximate surface area is 186 Å². The highest BCUT2D eigenvalue weighted by Gasteiger charge is 2.30. The zero-order valence-corrected chi connectivity index (χ0v) is 18.7. The molecule has 158 valence electrons. The topological polar surface area (TPSA) is 83.0 Å². The van der Waals surface area contributed by atoms with E-state index in [2.05, 4.69) is 55.6 Å². The van der Waals surface area contributed by atoms with Gasteiger partial charge in [-0.05, 0) is 56.8 Å². The van der Waals surface area contributed by atoms with Crippen molar-refractivity contribution >= 4 is 52.6 Å². The van der Waals surface area contributed by atoms with Gasteiger partial charge in [0.15, 0.2) is 10.8 Å². The maximum Gasteiger partial charge on any atom is 0.280 e. The number of rotatable bonds is 4. The monoisotopic (exact) mass is 442 g/mol. The summed E-state index contributed by atoms with van der Waals surface area (Å²) >= 11 is 1.33. The van der Waals surface area contributed by atoms with Crippen LogP contribution in [0.3, 0.4) is 0 Å². The van der Waals surface area contributed by atoms with Crippen LogP contribution in [0.1, 0.15) is 35.1 Å². The number of piperidine rings is 1. The fourth-order valence-corrected chi connectivity index (χ4v) is 5.12. The molecule has 1 amide bonds. The summed E-state index contributed by atoms with van der Waals surface area (Å²) in [5, 5.41) is 6.87.